The molecule has 2 aromatic rings. The summed E-state index contributed by atoms with van der Waals surface area (Å²) in [6.45, 7) is 5.55. The predicted molar refractivity (Wildman–Crippen MR) is 88.4 cm³/mol. The minimum atomic E-state index is -0.450. The average molecular weight is 316 g/mol. The van der Waals surface area contributed by atoms with Crippen LogP contribution >= 0.6 is 0 Å². The van der Waals surface area contributed by atoms with Crippen LogP contribution in [0.2, 0.25) is 0 Å². The van der Waals surface area contributed by atoms with Crippen LogP contribution in [0.4, 0.5) is 16.3 Å². The van der Waals surface area contributed by atoms with Gasteiger partial charge in [-0.3, -0.25) is 16.2 Å². The molecule has 0 spiro atoms. The fraction of sp³-hybridized carbons (Fsp3) is 0.250. The van der Waals surface area contributed by atoms with E-state index in [4.69, 9.17) is 4.74 Å². The summed E-state index contributed by atoms with van der Waals surface area (Å²) in [5.74, 6) is 0.0486. The molecule has 4 N–H and O–H groups in total. The van der Waals surface area contributed by atoms with Gasteiger partial charge in [0, 0.05) is 11.3 Å². The van der Waals surface area contributed by atoms with Gasteiger partial charge >= 0.3 is 12.0 Å². The van der Waals surface area contributed by atoms with Crippen molar-refractivity contribution in [3.8, 4) is 0 Å². The third-order valence-corrected chi connectivity index (χ3v) is 3.25. The van der Waals surface area contributed by atoms with Gasteiger partial charge in [0.05, 0.1) is 17.9 Å². The van der Waals surface area contributed by atoms with Crippen LogP contribution < -0.4 is 16.2 Å². The van der Waals surface area contributed by atoms with E-state index in [1.165, 1.54) is 0 Å². The lowest BCUT2D eigenvalue weighted by Crippen LogP contribution is -2.33. The smallest absolute Gasteiger partial charge is 0.340 e. The molecule has 2 amide bonds. The SMILES string of the molecule is CCOC(=O)c1c(C)[nH]c(NC(=O)NNc2ccccc2)c1C. The Bertz CT molecular complexity index is 695. The van der Waals surface area contributed by atoms with Gasteiger partial charge in [-0.25, -0.2) is 9.59 Å². The van der Waals surface area contributed by atoms with E-state index in [1.54, 1.807) is 20.8 Å². The molecule has 1 aromatic heterocycles. The quantitative estimate of drug-likeness (QED) is 0.504. The van der Waals surface area contributed by atoms with E-state index in [-0.39, 0.29) is 0 Å². The van der Waals surface area contributed by atoms with Crippen LogP contribution in [0.3, 0.4) is 0 Å². The largest absolute Gasteiger partial charge is 0.462 e. The highest BCUT2D eigenvalue weighted by molar-refractivity contribution is 5.97. The second-order valence-corrected chi connectivity index (χ2v) is 4.92. The number of carbonyl (C=O) groups excluding carboxylic acids is 2. The van der Waals surface area contributed by atoms with E-state index in [2.05, 4.69) is 21.2 Å². The van der Waals surface area contributed by atoms with Crippen molar-refractivity contribution in [3.05, 3.63) is 47.2 Å². The molecular formula is C16H20N4O3. The number of benzene rings is 1. The second-order valence-electron chi connectivity index (χ2n) is 4.92. The molecule has 0 aliphatic carbocycles. The van der Waals surface area contributed by atoms with Gasteiger partial charge in [-0.1, -0.05) is 18.2 Å². The van der Waals surface area contributed by atoms with Gasteiger partial charge in [0.2, 0.25) is 0 Å². The van der Waals surface area contributed by atoms with E-state index < -0.39 is 12.0 Å². The number of aromatic nitrogens is 1. The maximum atomic E-state index is 11.9. The minimum Gasteiger partial charge on any atom is -0.462 e. The van der Waals surface area contributed by atoms with Crippen molar-refractivity contribution in [2.24, 2.45) is 0 Å². The predicted octanol–water partition coefficient (Wildman–Crippen LogP) is 2.96. The number of carbonyl (C=O) groups is 2. The summed E-state index contributed by atoms with van der Waals surface area (Å²) in [7, 11) is 0. The molecule has 23 heavy (non-hydrogen) atoms. The highest BCUT2D eigenvalue weighted by Gasteiger charge is 2.20. The summed E-state index contributed by atoms with van der Waals surface area (Å²) in [6, 6.07) is 8.78. The number of amides is 2. The molecule has 0 atom stereocenters. The van der Waals surface area contributed by atoms with Gasteiger partial charge in [-0.05, 0) is 32.9 Å². The lowest BCUT2D eigenvalue weighted by molar-refractivity contribution is 0.0525. The third kappa shape index (κ3) is 4.03. The first-order chi connectivity index (χ1) is 11.0. The number of aryl methyl sites for hydroxylation is 1. The van der Waals surface area contributed by atoms with Gasteiger partial charge < -0.3 is 9.72 Å². The molecule has 0 aliphatic rings. The number of hydrazine groups is 1. The average Bonchev–Trinajstić information content (AvgIpc) is 2.80. The van der Waals surface area contributed by atoms with Crippen molar-refractivity contribution in [1.82, 2.24) is 10.4 Å². The molecule has 0 radical (unpaired) electrons. The van der Waals surface area contributed by atoms with Crippen molar-refractivity contribution >= 4 is 23.5 Å². The van der Waals surface area contributed by atoms with E-state index in [1.807, 2.05) is 30.3 Å². The fourth-order valence-electron chi connectivity index (χ4n) is 2.18. The van der Waals surface area contributed by atoms with Gasteiger partial charge in [0.15, 0.2) is 0 Å². The Morgan fingerprint density at radius 1 is 1.17 bits per heavy atom. The monoisotopic (exact) mass is 316 g/mol. The standard InChI is InChI=1S/C16H20N4O3/c1-4-23-15(21)13-10(2)14(17-11(13)3)18-16(22)20-19-12-8-6-5-7-9-12/h5-9,17,19H,4H2,1-3H3,(H2,18,20,22). The summed E-state index contributed by atoms with van der Waals surface area (Å²) in [5, 5.41) is 2.66. The highest BCUT2D eigenvalue weighted by atomic mass is 16.5. The molecule has 0 bridgehead atoms. The fourth-order valence-corrected chi connectivity index (χ4v) is 2.18. The summed E-state index contributed by atoms with van der Waals surface area (Å²) in [6.07, 6.45) is 0. The molecule has 2 rings (SSSR count). The first-order valence-corrected chi connectivity index (χ1v) is 7.27. The van der Waals surface area contributed by atoms with Crippen molar-refractivity contribution in [3.63, 3.8) is 0 Å². The molecule has 1 heterocycles. The normalized spacial score (nSPS) is 10.0. The zero-order chi connectivity index (χ0) is 16.8. The van der Waals surface area contributed by atoms with Crippen LogP contribution in [0.1, 0.15) is 28.5 Å². The first-order valence-electron chi connectivity index (χ1n) is 7.27. The molecule has 1 aromatic carbocycles. The van der Waals surface area contributed by atoms with Crippen LogP contribution in [0.15, 0.2) is 30.3 Å². The molecule has 0 aliphatic heterocycles. The van der Waals surface area contributed by atoms with E-state index in [0.717, 1.165) is 5.69 Å². The number of aromatic amines is 1. The Balaban J connectivity index is 2.01. The lowest BCUT2D eigenvalue weighted by atomic mass is 10.1. The van der Waals surface area contributed by atoms with Crippen LogP contribution in [-0.4, -0.2) is 23.6 Å². The molecule has 0 fully saturated rings. The van der Waals surface area contributed by atoms with Crippen molar-refractivity contribution in [1.29, 1.82) is 0 Å². The number of ether oxygens (including phenoxy) is 1. The lowest BCUT2D eigenvalue weighted by Gasteiger charge is -2.09. The number of hydrogen-bond acceptors (Lipinski definition) is 4. The number of esters is 1. The molecule has 0 saturated heterocycles. The second kappa shape index (κ2) is 7.35. The topological polar surface area (TPSA) is 95.2 Å². The van der Waals surface area contributed by atoms with Crippen LogP contribution in [0.5, 0.6) is 0 Å². The van der Waals surface area contributed by atoms with Crippen molar-refractivity contribution < 1.29 is 14.3 Å². The third-order valence-electron chi connectivity index (χ3n) is 3.25. The Hall–Kier alpha value is -2.96. The number of nitrogens with one attached hydrogen (secondary N) is 4. The summed E-state index contributed by atoms with van der Waals surface area (Å²) in [4.78, 5) is 26.8. The van der Waals surface area contributed by atoms with Crippen LogP contribution in [-0.2, 0) is 4.74 Å². The van der Waals surface area contributed by atoms with Crippen LogP contribution in [0.25, 0.3) is 0 Å². The number of para-hydroxylation sites is 1. The number of urea groups is 1. The Morgan fingerprint density at radius 2 is 1.87 bits per heavy atom. The Kier molecular flexibility index (Phi) is 5.24. The number of rotatable bonds is 5. The molecular weight excluding hydrogens is 296 g/mol. The Morgan fingerprint density at radius 3 is 2.52 bits per heavy atom. The van der Waals surface area contributed by atoms with E-state index >= 15 is 0 Å². The van der Waals surface area contributed by atoms with Gasteiger partial charge in [-0.2, -0.15) is 0 Å². The number of H-pyrrole nitrogens is 1. The first kappa shape index (κ1) is 16.4. The van der Waals surface area contributed by atoms with E-state index in [9.17, 15) is 9.59 Å². The summed E-state index contributed by atoms with van der Waals surface area (Å²) >= 11 is 0. The molecule has 0 saturated carbocycles. The summed E-state index contributed by atoms with van der Waals surface area (Å²) < 4.78 is 5.01. The maximum absolute atomic E-state index is 11.9. The van der Waals surface area contributed by atoms with Gasteiger partial charge in [0.25, 0.3) is 0 Å². The zero-order valence-corrected chi connectivity index (χ0v) is 13.3. The van der Waals surface area contributed by atoms with E-state index in [0.29, 0.717) is 29.2 Å². The van der Waals surface area contributed by atoms with Gasteiger partial charge in [-0.15, -0.1) is 0 Å². The molecule has 7 nitrogen and oxygen atoms in total. The summed E-state index contributed by atoms with van der Waals surface area (Å²) in [5.41, 5.74) is 7.78. The molecule has 7 heteroatoms. The highest BCUT2D eigenvalue weighted by Crippen LogP contribution is 2.22. The minimum absolute atomic E-state index is 0.299. The van der Waals surface area contributed by atoms with Gasteiger partial charge in [0.1, 0.15) is 5.82 Å². The zero-order valence-electron chi connectivity index (χ0n) is 13.3. The number of hydrogen-bond donors (Lipinski definition) is 4. The van der Waals surface area contributed by atoms with Crippen LogP contribution in [0, 0.1) is 13.8 Å². The Labute approximate surface area is 134 Å². The molecule has 0 unspecified atom stereocenters. The van der Waals surface area contributed by atoms with Crippen molar-refractivity contribution in [2.75, 3.05) is 17.3 Å². The van der Waals surface area contributed by atoms with Crippen molar-refractivity contribution in [2.45, 2.75) is 20.8 Å². The molecule has 122 valence electrons. The number of anilines is 2. The maximum Gasteiger partial charge on any atom is 0.340 e.